The van der Waals surface area contributed by atoms with Crippen molar-refractivity contribution in [1.29, 1.82) is 0 Å². The minimum atomic E-state index is -0.233. The summed E-state index contributed by atoms with van der Waals surface area (Å²) >= 11 is 0. The fraction of sp³-hybridized carbons (Fsp3) is 0.552. The molecule has 0 amide bonds. The number of allylic oxidation sites excluding steroid dienone is 5. The third-order valence-electron chi connectivity index (χ3n) is 5.81. The average Bonchev–Trinajstić information content (AvgIpc) is 2.53. The third kappa shape index (κ3) is 5.59. The number of aromatic hydroxyl groups is 1. The lowest BCUT2D eigenvalue weighted by molar-refractivity contribution is -0.114. The van der Waals surface area contributed by atoms with E-state index < -0.39 is 0 Å². The summed E-state index contributed by atoms with van der Waals surface area (Å²) in [6.07, 6.45) is 6.23. The van der Waals surface area contributed by atoms with Crippen LogP contribution in [0.1, 0.15) is 99.8 Å². The van der Waals surface area contributed by atoms with Crippen molar-refractivity contribution in [2.45, 2.75) is 93.9 Å². The van der Waals surface area contributed by atoms with Gasteiger partial charge in [-0.3, -0.25) is 4.79 Å². The van der Waals surface area contributed by atoms with Crippen LogP contribution in [0, 0.1) is 10.8 Å². The number of hydrogen-bond acceptors (Lipinski definition) is 2. The van der Waals surface area contributed by atoms with Gasteiger partial charge in [-0.1, -0.05) is 83.1 Å². The van der Waals surface area contributed by atoms with Crippen LogP contribution in [0.15, 0.2) is 41.0 Å². The van der Waals surface area contributed by atoms with Gasteiger partial charge in [-0.25, -0.2) is 0 Å². The molecule has 0 fully saturated rings. The molecule has 0 saturated heterocycles. The van der Waals surface area contributed by atoms with E-state index >= 15 is 0 Å². The highest BCUT2D eigenvalue weighted by atomic mass is 16.3. The molecule has 0 unspecified atom stereocenters. The predicted octanol–water partition coefficient (Wildman–Crippen LogP) is 7.90. The molecule has 0 heterocycles. The maximum atomic E-state index is 13.2. The molecule has 0 atom stereocenters. The minimum Gasteiger partial charge on any atom is -0.507 e. The molecule has 0 spiro atoms. The third-order valence-corrected chi connectivity index (χ3v) is 5.81. The Hall–Kier alpha value is -2.09. The second-order valence-electron chi connectivity index (χ2n) is 13.1. The van der Waals surface area contributed by atoms with Crippen molar-refractivity contribution < 1.29 is 9.90 Å². The van der Waals surface area contributed by atoms with Crippen LogP contribution in [-0.2, 0) is 15.6 Å². The summed E-state index contributed by atoms with van der Waals surface area (Å²) in [5.74, 6) is 0.534. The highest BCUT2D eigenvalue weighted by Crippen LogP contribution is 2.42. The standard InChI is InChI=1S/C29H42O2/c1-26(2,3)20-14-18(15-21(24(20)30)27(4,5)6)13-19-16-22(28(7,8)9)25(31)23(17-19)29(10,11)12/h13-17,30H,1-12H3. The summed E-state index contributed by atoms with van der Waals surface area (Å²) in [6.45, 7) is 25.3. The monoisotopic (exact) mass is 422 g/mol. The fourth-order valence-corrected chi connectivity index (χ4v) is 3.92. The van der Waals surface area contributed by atoms with E-state index in [0.717, 1.165) is 33.4 Å². The number of benzene rings is 1. The Bertz CT molecular complexity index is 899. The normalized spacial score (nSPS) is 16.3. The maximum absolute atomic E-state index is 13.2. The molecule has 2 heteroatoms. The van der Waals surface area contributed by atoms with Gasteiger partial charge in [-0.2, -0.15) is 0 Å². The Kier molecular flexibility index (Phi) is 6.33. The Balaban J connectivity index is 2.81. The molecule has 1 aromatic carbocycles. The van der Waals surface area contributed by atoms with Crippen LogP contribution in [0.2, 0.25) is 0 Å². The molecule has 2 rings (SSSR count). The number of ketones is 1. The highest BCUT2D eigenvalue weighted by molar-refractivity contribution is 6.12. The number of phenolic OH excluding ortho intramolecular Hbond substituents is 1. The summed E-state index contributed by atoms with van der Waals surface area (Å²) in [4.78, 5) is 13.2. The summed E-state index contributed by atoms with van der Waals surface area (Å²) in [5.41, 5.74) is 4.82. The van der Waals surface area contributed by atoms with E-state index in [4.69, 9.17) is 0 Å². The zero-order valence-corrected chi connectivity index (χ0v) is 21.7. The van der Waals surface area contributed by atoms with Gasteiger partial charge in [0.25, 0.3) is 0 Å². The van der Waals surface area contributed by atoms with E-state index in [9.17, 15) is 9.90 Å². The second kappa shape index (κ2) is 7.80. The number of Topliss-reactive ketones (excluding diaryl/α,β-unsaturated/α-hetero) is 1. The lowest BCUT2D eigenvalue weighted by atomic mass is 9.71. The molecule has 0 saturated carbocycles. The predicted molar refractivity (Wildman–Crippen MR) is 134 cm³/mol. The van der Waals surface area contributed by atoms with Gasteiger partial charge in [0, 0.05) is 22.3 Å². The first-order valence-electron chi connectivity index (χ1n) is 11.3. The van der Waals surface area contributed by atoms with E-state index in [1.54, 1.807) is 0 Å². The molecule has 2 nitrogen and oxygen atoms in total. The molecular formula is C29H42O2. The van der Waals surface area contributed by atoms with Gasteiger partial charge in [-0.15, -0.1) is 0 Å². The van der Waals surface area contributed by atoms with Crippen LogP contribution < -0.4 is 0 Å². The van der Waals surface area contributed by atoms with E-state index in [0.29, 0.717) is 5.75 Å². The molecule has 31 heavy (non-hydrogen) atoms. The molecule has 1 aromatic rings. The van der Waals surface area contributed by atoms with E-state index in [1.165, 1.54) is 0 Å². The van der Waals surface area contributed by atoms with Crippen LogP contribution in [0.4, 0.5) is 0 Å². The van der Waals surface area contributed by atoms with Crippen molar-refractivity contribution in [3.8, 4) is 5.75 Å². The van der Waals surface area contributed by atoms with E-state index in [2.05, 4.69) is 101 Å². The summed E-state index contributed by atoms with van der Waals surface area (Å²) in [6, 6.07) is 4.17. The molecule has 1 aliphatic carbocycles. The number of carbonyl (C=O) groups is 1. The van der Waals surface area contributed by atoms with Gasteiger partial charge < -0.3 is 5.11 Å². The van der Waals surface area contributed by atoms with Gasteiger partial charge in [0.2, 0.25) is 0 Å². The zero-order valence-electron chi connectivity index (χ0n) is 21.7. The quantitative estimate of drug-likeness (QED) is 0.499. The van der Waals surface area contributed by atoms with Gasteiger partial charge in [0.1, 0.15) is 5.75 Å². The van der Waals surface area contributed by atoms with Crippen LogP contribution in [0.25, 0.3) is 6.08 Å². The average molecular weight is 423 g/mol. The number of phenols is 1. The fourth-order valence-electron chi connectivity index (χ4n) is 3.92. The Morgan fingerprint density at radius 3 is 1.29 bits per heavy atom. The number of rotatable bonds is 1. The molecule has 0 aromatic heterocycles. The van der Waals surface area contributed by atoms with Crippen LogP contribution in [0.5, 0.6) is 5.75 Å². The largest absolute Gasteiger partial charge is 0.507 e. The van der Waals surface area contributed by atoms with Crippen molar-refractivity contribution in [3.63, 3.8) is 0 Å². The molecule has 170 valence electrons. The molecule has 1 N–H and O–H groups in total. The van der Waals surface area contributed by atoms with E-state index in [-0.39, 0.29) is 27.4 Å². The van der Waals surface area contributed by atoms with Crippen LogP contribution >= 0.6 is 0 Å². The van der Waals surface area contributed by atoms with Crippen molar-refractivity contribution >= 4 is 11.9 Å². The van der Waals surface area contributed by atoms with E-state index in [1.807, 2.05) is 12.2 Å². The molecule has 0 bridgehead atoms. The Morgan fingerprint density at radius 1 is 0.645 bits per heavy atom. The van der Waals surface area contributed by atoms with Gasteiger partial charge in [0.05, 0.1) is 0 Å². The van der Waals surface area contributed by atoms with Crippen molar-refractivity contribution in [1.82, 2.24) is 0 Å². The minimum absolute atomic E-state index is 0.147. The Morgan fingerprint density at radius 2 is 1.00 bits per heavy atom. The Labute approximate surface area is 190 Å². The first-order valence-corrected chi connectivity index (χ1v) is 11.3. The topological polar surface area (TPSA) is 37.3 Å². The lowest BCUT2D eigenvalue weighted by Gasteiger charge is -2.31. The first kappa shape index (κ1) is 25.2. The summed E-state index contributed by atoms with van der Waals surface area (Å²) in [5, 5.41) is 11.0. The second-order valence-corrected chi connectivity index (χ2v) is 13.1. The van der Waals surface area contributed by atoms with Gasteiger partial charge >= 0.3 is 0 Å². The van der Waals surface area contributed by atoms with Crippen molar-refractivity contribution in [3.05, 3.63) is 57.7 Å². The van der Waals surface area contributed by atoms with Crippen LogP contribution in [-0.4, -0.2) is 10.9 Å². The molecular weight excluding hydrogens is 380 g/mol. The summed E-state index contributed by atoms with van der Waals surface area (Å²) in [7, 11) is 0. The number of hydrogen-bond donors (Lipinski definition) is 1. The molecule has 0 radical (unpaired) electrons. The first-order chi connectivity index (χ1) is 13.7. The van der Waals surface area contributed by atoms with Crippen LogP contribution in [0.3, 0.4) is 0 Å². The lowest BCUT2D eigenvalue weighted by Crippen LogP contribution is -2.27. The van der Waals surface area contributed by atoms with Crippen molar-refractivity contribution in [2.75, 3.05) is 0 Å². The van der Waals surface area contributed by atoms with Crippen molar-refractivity contribution in [2.24, 2.45) is 10.8 Å². The molecule has 0 aliphatic heterocycles. The summed E-state index contributed by atoms with van der Waals surface area (Å²) < 4.78 is 0. The number of carbonyl (C=O) groups excluding carboxylic acids is 1. The van der Waals surface area contributed by atoms with Gasteiger partial charge in [-0.05, 0) is 63.2 Å². The van der Waals surface area contributed by atoms with Gasteiger partial charge in [0.15, 0.2) is 5.78 Å². The zero-order chi connectivity index (χ0) is 24.2. The highest BCUT2D eigenvalue weighted by Gasteiger charge is 2.34. The maximum Gasteiger partial charge on any atom is 0.186 e. The smallest absolute Gasteiger partial charge is 0.186 e. The molecule has 1 aliphatic rings. The SMILES string of the molecule is CC(C)(C)C1=CC(=Cc2cc(C(C)(C)C)c(O)c(C(C)(C)C)c2)C=C(C(C)(C)C)C1=O.